The molecule has 0 spiro atoms. The third kappa shape index (κ3) is 4.60. The number of nitrogens with one attached hydrogen (secondary N) is 2. The van der Waals surface area contributed by atoms with E-state index in [4.69, 9.17) is 5.26 Å². The Morgan fingerprint density at radius 1 is 1.00 bits per heavy atom. The van der Waals surface area contributed by atoms with Crippen LogP contribution in [-0.2, 0) is 9.59 Å². The summed E-state index contributed by atoms with van der Waals surface area (Å²) in [5.74, 6) is -1.25. The minimum Gasteiger partial charge on any atom is -0.345 e. The normalized spacial score (nSPS) is 15.6. The van der Waals surface area contributed by atoms with E-state index in [2.05, 4.69) is 10.6 Å². The molecule has 2 rings (SSSR count). The van der Waals surface area contributed by atoms with Crippen LogP contribution in [0.2, 0.25) is 0 Å². The Morgan fingerprint density at radius 2 is 1.62 bits per heavy atom. The molecule has 5 nitrogen and oxygen atoms in total. The molecule has 2 N–H and O–H groups in total. The Bertz CT molecular complexity index is 538. The summed E-state index contributed by atoms with van der Waals surface area (Å²) in [4.78, 5) is 23.7. The highest BCUT2D eigenvalue weighted by molar-refractivity contribution is 6.39. The standard InChI is InChI=1S/C16H19N3O2/c17-11-12-7-9-14(10-8-12)19-16(21)15(20)18-13-5-3-1-2-4-6-13/h7-10,13H,1-6H2,(H,18,20)(H,19,21). The first-order chi connectivity index (χ1) is 10.2. The first kappa shape index (κ1) is 15.0. The van der Waals surface area contributed by atoms with Crippen molar-refractivity contribution < 1.29 is 9.59 Å². The minimum absolute atomic E-state index is 0.103. The Morgan fingerprint density at radius 3 is 2.19 bits per heavy atom. The molecule has 2 amide bonds. The lowest BCUT2D eigenvalue weighted by molar-refractivity contribution is -0.136. The van der Waals surface area contributed by atoms with Gasteiger partial charge in [0.15, 0.2) is 0 Å². The molecule has 0 radical (unpaired) electrons. The summed E-state index contributed by atoms with van der Waals surface area (Å²) < 4.78 is 0. The topological polar surface area (TPSA) is 82.0 Å². The second-order valence-electron chi connectivity index (χ2n) is 5.31. The van der Waals surface area contributed by atoms with Gasteiger partial charge in [-0.25, -0.2) is 0 Å². The van der Waals surface area contributed by atoms with E-state index in [9.17, 15) is 9.59 Å². The molecule has 1 saturated carbocycles. The molecule has 0 unspecified atom stereocenters. The lowest BCUT2D eigenvalue weighted by Crippen LogP contribution is -2.41. The highest BCUT2D eigenvalue weighted by atomic mass is 16.2. The fourth-order valence-electron chi connectivity index (χ4n) is 2.49. The average molecular weight is 285 g/mol. The van der Waals surface area contributed by atoms with Crippen molar-refractivity contribution in [3.63, 3.8) is 0 Å². The zero-order valence-electron chi connectivity index (χ0n) is 11.9. The van der Waals surface area contributed by atoms with Crippen LogP contribution in [0.3, 0.4) is 0 Å². The summed E-state index contributed by atoms with van der Waals surface area (Å²) in [7, 11) is 0. The molecule has 0 heterocycles. The van der Waals surface area contributed by atoms with Gasteiger partial charge in [0.1, 0.15) is 0 Å². The lowest BCUT2D eigenvalue weighted by atomic mass is 10.1. The van der Waals surface area contributed by atoms with Crippen LogP contribution in [0.25, 0.3) is 0 Å². The minimum atomic E-state index is -0.663. The molecule has 21 heavy (non-hydrogen) atoms. The fourth-order valence-corrected chi connectivity index (χ4v) is 2.49. The Hall–Kier alpha value is -2.35. The van der Waals surface area contributed by atoms with E-state index >= 15 is 0 Å². The van der Waals surface area contributed by atoms with Gasteiger partial charge in [-0.05, 0) is 37.1 Å². The third-order valence-corrected chi connectivity index (χ3v) is 3.67. The van der Waals surface area contributed by atoms with E-state index in [1.54, 1.807) is 24.3 Å². The van der Waals surface area contributed by atoms with Crippen molar-refractivity contribution in [1.82, 2.24) is 5.32 Å². The van der Waals surface area contributed by atoms with Crippen LogP contribution in [0, 0.1) is 11.3 Å². The largest absolute Gasteiger partial charge is 0.345 e. The SMILES string of the molecule is N#Cc1ccc(NC(=O)C(=O)NC2CCCCCC2)cc1. The van der Waals surface area contributed by atoms with Crippen molar-refractivity contribution in [2.24, 2.45) is 0 Å². The maximum atomic E-state index is 11.9. The molecule has 0 atom stereocenters. The summed E-state index contributed by atoms with van der Waals surface area (Å²) >= 11 is 0. The van der Waals surface area contributed by atoms with E-state index in [-0.39, 0.29) is 6.04 Å². The summed E-state index contributed by atoms with van der Waals surface area (Å²) in [6.07, 6.45) is 6.48. The van der Waals surface area contributed by atoms with Crippen molar-refractivity contribution in [1.29, 1.82) is 5.26 Å². The van der Waals surface area contributed by atoms with E-state index in [0.717, 1.165) is 25.7 Å². The summed E-state index contributed by atoms with van der Waals surface area (Å²) in [6, 6.07) is 8.51. The van der Waals surface area contributed by atoms with Crippen LogP contribution < -0.4 is 10.6 Å². The first-order valence-electron chi connectivity index (χ1n) is 7.31. The van der Waals surface area contributed by atoms with Gasteiger partial charge in [0, 0.05) is 11.7 Å². The highest BCUT2D eigenvalue weighted by Crippen LogP contribution is 2.17. The average Bonchev–Trinajstić information content (AvgIpc) is 2.76. The quantitative estimate of drug-likeness (QED) is 0.646. The molecule has 0 bridgehead atoms. The van der Waals surface area contributed by atoms with Gasteiger partial charge >= 0.3 is 11.8 Å². The Kier molecular flexibility index (Phi) is 5.33. The molecule has 1 fully saturated rings. The number of carbonyl (C=O) groups is 2. The van der Waals surface area contributed by atoms with Crippen LogP contribution >= 0.6 is 0 Å². The van der Waals surface area contributed by atoms with Crippen molar-refractivity contribution in [2.45, 2.75) is 44.6 Å². The van der Waals surface area contributed by atoms with Crippen LogP contribution in [0.4, 0.5) is 5.69 Å². The number of hydrogen-bond donors (Lipinski definition) is 2. The molecule has 1 aliphatic rings. The van der Waals surface area contributed by atoms with E-state index < -0.39 is 11.8 Å². The van der Waals surface area contributed by atoms with Crippen LogP contribution in [0.15, 0.2) is 24.3 Å². The van der Waals surface area contributed by atoms with Gasteiger partial charge in [-0.1, -0.05) is 25.7 Å². The number of nitriles is 1. The molecule has 110 valence electrons. The second kappa shape index (κ2) is 7.44. The van der Waals surface area contributed by atoms with Crippen LogP contribution in [0.1, 0.15) is 44.1 Å². The fraction of sp³-hybridized carbons (Fsp3) is 0.438. The number of rotatable bonds is 2. The number of benzene rings is 1. The maximum absolute atomic E-state index is 11.9. The maximum Gasteiger partial charge on any atom is 0.313 e. The Labute approximate surface area is 124 Å². The summed E-state index contributed by atoms with van der Waals surface area (Å²) in [5, 5.41) is 14.0. The lowest BCUT2D eigenvalue weighted by Gasteiger charge is -2.15. The monoisotopic (exact) mass is 285 g/mol. The Balaban J connectivity index is 1.86. The van der Waals surface area contributed by atoms with Crippen LogP contribution in [-0.4, -0.2) is 17.9 Å². The van der Waals surface area contributed by atoms with Gasteiger partial charge in [-0.3, -0.25) is 9.59 Å². The van der Waals surface area contributed by atoms with Crippen molar-refractivity contribution in [2.75, 3.05) is 5.32 Å². The summed E-state index contributed by atoms with van der Waals surface area (Å²) in [6.45, 7) is 0. The first-order valence-corrected chi connectivity index (χ1v) is 7.31. The van der Waals surface area contributed by atoms with E-state index in [1.807, 2.05) is 6.07 Å². The molecule has 1 aliphatic carbocycles. The van der Waals surface area contributed by atoms with Crippen molar-refractivity contribution in [3.05, 3.63) is 29.8 Å². The predicted octanol–water partition coefficient (Wildman–Crippen LogP) is 2.34. The summed E-state index contributed by atoms with van der Waals surface area (Å²) in [5.41, 5.74) is 1.02. The molecular weight excluding hydrogens is 266 g/mol. The molecular formula is C16H19N3O2. The van der Waals surface area contributed by atoms with Crippen molar-refractivity contribution in [3.8, 4) is 6.07 Å². The molecule has 0 aromatic heterocycles. The third-order valence-electron chi connectivity index (χ3n) is 3.67. The van der Waals surface area contributed by atoms with Gasteiger partial charge in [-0.15, -0.1) is 0 Å². The zero-order valence-corrected chi connectivity index (χ0v) is 11.9. The van der Waals surface area contributed by atoms with Crippen molar-refractivity contribution >= 4 is 17.5 Å². The number of carbonyl (C=O) groups excluding carboxylic acids is 2. The number of amides is 2. The highest BCUT2D eigenvalue weighted by Gasteiger charge is 2.19. The molecule has 0 aliphatic heterocycles. The van der Waals surface area contributed by atoms with Gasteiger partial charge in [0.05, 0.1) is 11.6 Å². The van der Waals surface area contributed by atoms with Gasteiger partial charge < -0.3 is 10.6 Å². The van der Waals surface area contributed by atoms with Gasteiger partial charge in [-0.2, -0.15) is 5.26 Å². The number of nitrogens with zero attached hydrogens (tertiary/aromatic N) is 1. The number of anilines is 1. The molecule has 0 saturated heterocycles. The zero-order chi connectivity index (χ0) is 15.1. The van der Waals surface area contributed by atoms with Gasteiger partial charge in [0.2, 0.25) is 0 Å². The molecule has 1 aromatic carbocycles. The van der Waals surface area contributed by atoms with E-state index in [1.165, 1.54) is 12.8 Å². The van der Waals surface area contributed by atoms with Gasteiger partial charge in [0.25, 0.3) is 0 Å². The number of hydrogen-bond acceptors (Lipinski definition) is 3. The van der Waals surface area contributed by atoms with E-state index in [0.29, 0.717) is 11.3 Å². The molecule has 5 heteroatoms. The second-order valence-corrected chi connectivity index (χ2v) is 5.31. The predicted molar refractivity (Wildman–Crippen MR) is 79.4 cm³/mol. The van der Waals surface area contributed by atoms with Crippen LogP contribution in [0.5, 0.6) is 0 Å². The smallest absolute Gasteiger partial charge is 0.313 e. The molecule has 1 aromatic rings.